The van der Waals surface area contributed by atoms with Gasteiger partial charge in [-0.1, -0.05) is 6.07 Å². The minimum Gasteiger partial charge on any atom is -0.441 e. The molecule has 0 radical (unpaired) electrons. The minimum atomic E-state index is -0.172. The van der Waals surface area contributed by atoms with Gasteiger partial charge in [-0.05, 0) is 30.9 Å². The van der Waals surface area contributed by atoms with E-state index in [2.05, 4.69) is 15.3 Å². The monoisotopic (exact) mass is 354 g/mol. The second-order valence-corrected chi connectivity index (χ2v) is 6.68. The van der Waals surface area contributed by atoms with Crippen LogP contribution in [0, 0.1) is 12.8 Å². The average Bonchev–Trinajstić information content (AvgIpc) is 3.24. The number of ether oxygens (including phenoxy) is 1. The number of nitrogens with zero attached hydrogens (tertiary/aromatic N) is 3. The van der Waals surface area contributed by atoms with Crippen LogP contribution in [0.3, 0.4) is 0 Å². The van der Waals surface area contributed by atoms with Gasteiger partial charge in [-0.25, -0.2) is 9.97 Å². The summed E-state index contributed by atoms with van der Waals surface area (Å²) in [6, 6.07) is 5.24. The Bertz CT molecular complexity index is 924. The van der Waals surface area contributed by atoms with E-state index in [1.165, 1.54) is 0 Å². The zero-order valence-electron chi connectivity index (χ0n) is 14.9. The second-order valence-electron chi connectivity index (χ2n) is 6.68. The maximum Gasteiger partial charge on any atom is 0.254 e. The lowest BCUT2D eigenvalue weighted by Crippen LogP contribution is -2.37. The lowest BCUT2D eigenvalue weighted by atomic mass is 9.90. The van der Waals surface area contributed by atoms with Crippen molar-refractivity contribution in [2.24, 2.45) is 13.0 Å². The van der Waals surface area contributed by atoms with Gasteiger partial charge in [0, 0.05) is 39.6 Å². The number of aryl methyl sites for hydroxylation is 2. The van der Waals surface area contributed by atoms with E-state index in [9.17, 15) is 4.79 Å². The Morgan fingerprint density at radius 2 is 2.15 bits per heavy atom. The van der Waals surface area contributed by atoms with Crippen LogP contribution in [-0.2, 0) is 11.8 Å². The van der Waals surface area contributed by atoms with Crippen LogP contribution in [-0.4, -0.2) is 33.7 Å². The quantitative estimate of drug-likeness (QED) is 0.779. The van der Waals surface area contributed by atoms with Crippen LogP contribution in [0.5, 0.6) is 0 Å². The van der Waals surface area contributed by atoms with Crippen molar-refractivity contribution in [2.45, 2.75) is 25.8 Å². The highest BCUT2D eigenvalue weighted by Crippen LogP contribution is 2.30. The number of para-hydroxylation sites is 1. The molecular weight excluding hydrogens is 332 g/mol. The van der Waals surface area contributed by atoms with Crippen molar-refractivity contribution < 1.29 is 13.9 Å². The molecule has 1 aromatic carbocycles. The third kappa shape index (κ3) is 3.10. The molecule has 3 heterocycles. The Morgan fingerprint density at radius 1 is 1.35 bits per heavy atom. The van der Waals surface area contributed by atoms with E-state index in [4.69, 9.17) is 9.15 Å². The van der Waals surface area contributed by atoms with Crippen molar-refractivity contribution in [2.75, 3.05) is 13.2 Å². The van der Waals surface area contributed by atoms with Crippen LogP contribution in [0.25, 0.3) is 11.1 Å². The number of aromatic nitrogens is 3. The number of rotatable bonds is 4. The molecule has 0 bridgehead atoms. The molecule has 1 amide bonds. The summed E-state index contributed by atoms with van der Waals surface area (Å²) < 4.78 is 13.0. The molecule has 0 aliphatic carbocycles. The molecule has 3 aromatic rings. The largest absolute Gasteiger partial charge is 0.441 e. The van der Waals surface area contributed by atoms with Gasteiger partial charge in [0.25, 0.3) is 5.91 Å². The standard InChI is InChI=1S/C19H22N4O3/c1-12-21-17-14(4-3-5-15(17)26-12)19(24)22-16(13-6-10-25-11-7-13)18-20-8-9-23(18)2/h3-5,8-9,13,16H,6-7,10-11H2,1-2H3,(H,22,24). The zero-order valence-corrected chi connectivity index (χ0v) is 14.9. The van der Waals surface area contributed by atoms with E-state index < -0.39 is 0 Å². The topological polar surface area (TPSA) is 82.2 Å². The highest BCUT2D eigenvalue weighted by Gasteiger charge is 2.30. The van der Waals surface area contributed by atoms with E-state index in [1.807, 2.05) is 29.9 Å². The van der Waals surface area contributed by atoms with Crippen LogP contribution in [0.1, 0.15) is 41.0 Å². The number of hydrogen-bond donors (Lipinski definition) is 1. The van der Waals surface area contributed by atoms with Gasteiger partial charge in [-0.2, -0.15) is 0 Å². The average molecular weight is 354 g/mol. The third-order valence-corrected chi connectivity index (χ3v) is 4.93. The number of fused-ring (bicyclic) bond motifs is 1. The summed E-state index contributed by atoms with van der Waals surface area (Å²) in [6.45, 7) is 3.19. The van der Waals surface area contributed by atoms with Crippen molar-refractivity contribution >= 4 is 17.0 Å². The Labute approximate surface area is 151 Å². The molecule has 2 aromatic heterocycles. The summed E-state index contributed by atoms with van der Waals surface area (Å²) in [4.78, 5) is 21.9. The lowest BCUT2D eigenvalue weighted by molar-refractivity contribution is 0.0499. The van der Waals surface area contributed by atoms with Crippen molar-refractivity contribution in [1.29, 1.82) is 0 Å². The molecule has 4 rings (SSSR count). The first-order valence-corrected chi connectivity index (χ1v) is 8.85. The number of imidazole rings is 1. The predicted octanol–water partition coefficient (Wildman–Crippen LogP) is 2.77. The van der Waals surface area contributed by atoms with Crippen LogP contribution < -0.4 is 5.32 Å². The van der Waals surface area contributed by atoms with Crippen LogP contribution >= 0.6 is 0 Å². The van der Waals surface area contributed by atoms with E-state index in [0.717, 1.165) is 18.7 Å². The van der Waals surface area contributed by atoms with Crippen molar-refractivity contribution in [3.8, 4) is 0 Å². The van der Waals surface area contributed by atoms with Gasteiger partial charge < -0.3 is 19.0 Å². The SMILES string of the molecule is Cc1nc2c(C(=O)NC(c3nccn3C)C3CCOCC3)cccc2o1. The molecule has 136 valence electrons. The molecule has 0 spiro atoms. The van der Waals surface area contributed by atoms with Crippen LogP contribution in [0.4, 0.5) is 0 Å². The van der Waals surface area contributed by atoms with Gasteiger partial charge in [0.15, 0.2) is 11.5 Å². The summed E-state index contributed by atoms with van der Waals surface area (Å²) in [5.74, 6) is 1.52. The number of nitrogens with one attached hydrogen (secondary N) is 1. The summed E-state index contributed by atoms with van der Waals surface area (Å²) in [7, 11) is 1.95. The first-order valence-electron chi connectivity index (χ1n) is 8.85. The lowest BCUT2D eigenvalue weighted by Gasteiger charge is -2.30. The van der Waals surface area contributed by atoms with Crippen LogP contribution in [0.15, 0.2) is 35.0 Å². The Kier molecular flexibility index (Phi) is 4.46. The van der Waals surface area contributed by atoms with Crippen molar-refractivity contribution in [3.05, 3.63) is 47.9 Å². The molecular formula is C19H22N4O3. The Morgan fingerprint density at radius 3 is 2.88 bits per heavy atom. The van der Waals surface area contributed by atoms with Gasteiger partial charge in [-0.15, -0.1) is 0 Å². The van der Waals surface area contributed by atoms with Gasteiger partial charge in [0.2, 0.25) is 0 Å². The molecule has 26 heavy (non-hydrogen) atoms. The highest BCUT2D eigenvalue weighted by atomic mass is 16.5. The van der Waals surface area contributed by atoms with Crippen molar-refractivity contribution in [3.63, 3.8) is 0 Å². The summed E-state index contributed by atoms with van der Waals surface area (Å²) in [5.41, 5.74) is 1.73. The predicted molar refractivity (Wildman–Crippen MR) is 95.7 cm³/mol. The van der Waals surface area contributed by atoms with Crippen LogP contribution in [0.2, 0.25) is 0 Å². The first kappa shape index (κ1) is 16.8. The number of hydrogen-bond acceptors (Lipinski definition) is 5. The number of amides is 1. The minimum absolute atomic E-state index is 0.164. The maximum absolute atomic E-state index is 13.1. The van der Waals surface area contributed by atoms with E-state index >= 15 is 0 Å². The molecule has 1 aliphatic rings. The fourth-order valence-corrected chi connectivity index (χ4v) is 3.58. The second kappa shape index (κ2) is 6.92. The van der Waals surface area contributed by atoms with Gasteiger partial charge >= 0.3 is 0 Å². The van der Waals surface area contributed by atoms with Crippen molar-refractivity contribution in [1.82, 2.24) is 19.9 Å². The fourth-order valence-electron chi connectivity index (χ4n) is 3.58. The molecule has 1 N–H and O–H groups in total. The number of carbonyl (C=O) groups excluding carboxylic acids is 1. The summed E-state index contributed by atoms with van der Waals surface area (Å²) in [5, 5.41) is 3.19. The fraction of sp³-hybridized carbons (Fsp3) is 0.421. The van der Waals surface area contributed by atoms with Gasteiger partial charge in [0.05, 0.1) is 11.6 Å². The van der Waals surface area contributed by atoms with Gasteiger partial charge in [-0.3, -0.25) is 4.79 Å². The molecule has 7 heteroatoms. The molecule has 1 fully saturated rings. The van der Waals surface area contributed by atoms with E-state index in [0.29, 0.717) is 35.8 Å². The molecule has 1 aliphatic heterocycles. The number of benzene rings is 1. The number of oxazole rings is 1. The normalized spacial score (nSPS) is 16.7. The van der Waals surface area contributed by atoms with Gasteiger partial charge in [0.1, 0.15) is 11.3 Å². The first-order chi connectivity index (χ1) is 12.6. The Balaban J connectivity index is 1.66. The summed E-state index contributed by atoms with van der Waals surface area (Å²) >= 11 is 0. The molecule has 1 saturated heterocycles. The molecule has 1 atom stereocenters. The smallest absolute Gasteiger partial charge is 0.254 e. The third-order valence-electron chi connectivity index (χ3n) is 4.93. The number of carbonyl (C=O) groups is 1. The maximum atomic E-state index is 13.1. The van der Waals surface area contributed by atoms with E-state index in [1.54, 1.807) is 19.2 Å². The zero-order chi connectivity index (χ0) is 18.1. The highest BCUT2D eigenvalue weighted by molar-refractivity contribution is 6.04. The molecule has 0 saturated carbocycles. The summed E-state index contributed by atoms with van der Waals surface area (Å²) in [6.07, 6.45) is 5.45. The molecule has 7 nitrogen and oxygen atoms in total. The van der Waals surface area contributed by atoms with E-state index in [-0.39, 0.29) is 17.9 Å². The Hall–Kier alpha value is -2.67. The molecule has 1 unspecified atom stereocenters.